The molecule has 0 saturated heterocycles. The van der Waals surface area contributed by atoms with Crippen LogP contribution in [0.4, 0.5) is 0 Å². The summed E-state index contributed by atoms with van der Waals surface area (Å²) >= 11 is 0. The zero-order valence-corrected chi connectivity index (χ0v) is 10.4. The van der Waals surface area contributed by atoms with Crippen molar-refractivity contribution >= 4 is 0 Å². The van der Waals surface area contributed by atoms with E-state index in [1.54, 1.807) is 12.5 Å². The maximum Gasteiger partial charge on any atom is 0.0953 e. The monoisotopic (exact) mass is 231 g/mol. The fourth-order valence-electron chi connectivity index (χ4n) is 2.00. The summed E-state index contributed by atoms with van der Waals surface area (Å²) in [6, 6.07) is 4.16. The molecule has 4 nitrogen and oxygen atoms in total. The van der Waals surface area contributed by atoms with Gasteiger partial charge in [-0.2, -0.15) is 10.2 Å². The molecule has 2 heterocycles. The molecule has 1 N–H and O–H groups in total. The molecule has 2 rings (SSSR count). The van der Waals surface area contributed by atoms with Crippen molar-refractivity contribution in [1.29, 1.82) is 0 Å². The molecule has 0 amide bonds. The first kappa shape index (κ1) is 11.8. The van der Waals surface area contributed by atoms with Gasteiger partial charge in [0.15, 0.2) is 0 Å². The Labute approximate surface area is 101 Å². The van der Waals surface area contributed by atoms with Crippen molar-refractivity contribution in [2.24, 2.45) is 0 Å². The van der Waals surface area contributed by atoms with Crippen LogP contribution in [0.25, 0.3) is 0 Å². The van der Waals surface area contributed by atoms with E-state index < -0.39 is 0 Å². The minimum Gasteiger partial charge on any atom is -0.472 e. The Balaban J connectivity index is 2.46. The van der Waals surface area contributed by atoms with Crippen molar-refractivity contribution in [2.75, 3.05) is 7.05 Å². The van der Waals surface area contributed by atoms with Gasteiger partial charge in [-0.25, -0.2) is 0 Å². The predicted octanol–water partition coefficient (Wildman–Crippen LogP) is 2.25. The number of hydrogen-bond donors (Lipinski definition) is 1. The zero-order valence-electron chi connectivity index (χ0n) is 10.4. The average Bonchev–Trinajstić information content (AvgIpc) is 2.84. The summed E-state index contributed by atoms with van der Waals surface area (Å²) in [4.78, 5) is 0. The molecule has 90 valence electrons. The van der Waals surface area contributed by atoms with E-state index in [0.717, 1.165) is 23.4 Å². The van der Waals surface area contributed by atoms with Crippen molar-refractivity contribution in [3.8, 4) is 0 Å². The van der Waals surface area contributed by atoms with Gasteiger partial charge in [-0.05, 0) is 38.1 Å². The number of nitrogens with zero attached hydrogens (tertiary/aromatic N) is 2. The second kappa shape index (κ2) is 5.10. The van der Waals surface area contributed by atoms with Crippen LogP contribution in [0.5, 0.6) is 0 Å². The van der Waals surface area contributed by atoms with Crippen molar-refractivity contribution in [1.82, 2.24) is 15.5 Å². The van der Waals surface area contributed by atoms with Crippen molar-refractivity contribution in [3.05, 3.63) is 47.2 Å². The van der Waals surface area contributed by atoms with Gasteiger partial charge in [-0.1, -0.05) is 6.92 Å². The van der Waals surface area contributed by atoms with Gasteiger partial charge in [0, 0.05) is 5.56 Å². The van der Waals surface area contributed by atoms with Crippen molar-refractivity contribution in [2.45, 2.75) is 26.3 Å². The number of nitrogens with one attached hydrogen (secondary N) is 1. The Hall–Kier alpha value is -1.68. The normalized spacial score (nSPS) is 12.6. The summed E-state index contributed by atoms with van der Waals surface area (Å²) in [5, 5.41) is 11.7. The van der Waals surface area contributed by atoms with E-state index in [1.807, 2.05) is 20.0 Å². The van der Waals surface area contributed by atoms with E-state index in [0.29, 0.717) is 0 Å². The second-order valence-electron chi connectivity index (χ2n) is 4.02. The van der Waals surface area contributed by atoms with Gasteiger partial charge in [-0.3, -0.25) is 0 Å². The van der Waals surface area contributed by atoms with E-state index in [2.05, 4.69) is 28.5 Å². The summed E-state index contributed by atoms with van der Waals surface area (Å²) in [5.41, 5.74) is 4.23. The van der Waals surface area contributed by atoms with Crippen LogP contribution in [0.15, 0.2) is 29.1 Å². The van der Waals surface area contributed by atoms with Crippen LogP contribution in [-0.2, 0) is 6.42 Å². The minimum atomic E-state index is 0.109. The summed E-state index contributed by atoms with van der Waals surface area (Å²) in [5.74, 6) is 0. The molecule has 1 unspecified atom stereocenters. The largest absolute Gasteiger partial charge is 0.472 e. The van der Waals surface area contributed by atoms with Gasteiger partial charge in [0.2, 0.25) is 0 Å². The third-order valence-corrected chi connectivity index (χ3v) is 2.84. The highest BCUT2D eigenvalue weighted by atomic mass is 16.3. The Kier molecular flexibility index (Phi) is 3.54. The first-order valence-corrected chi connectivity index (χ1v) is 5.78. The first-order chi connectivity index (χ1) is 8.26. The van der Waals surface area contributed by atoms with E-state index in [4.69, 9.17) is 4.42 Å². The van der Waals surface area contributed by atoms with Crippen LogP contribution in [0.1, 0.15) is 35.5 Å². The minimum absolute atomic E-state index is 0.109. The first-order valence-electron chi connectivity index (χ1n) is 5.78. The third kappa shape index (κ3) is 2.36. The van der Waals surface area contributed by atoms with Crippen LogP contribution in [0, 0.1) is 6.92 Å². The van der Waals surface area contributed by atoms with Crippen molar-refractivity contribution in [3.63, 3.8) is 0 Å². The topological polar surface area (TPSA) is 51.0 Å². The van der Waals surface area contributed by atoms with Crippen LogP contribution >= 0.6 is 0 Å². The fourth-order valence-corrected chi connectivity index (χ4v) is 2.00. The third-order valence-electron chi connectivity index (χ3n) is 2.84. The highest BCUT2D eigenvalue weighted by molar-refractivity contribution is 5.33. The SMILES string of the molecule is CCc1nnc(C)cc1C(NC)c1ccoc1. The number of aryl methyl sites for hydroxylation is 2. The molecule has 0 spiro atoms. The van der Waals surface area contributed by atoms with E-state index in [9.17, 15) is 0 Å². The highest BCUT2D eigenvalue weighted by Crippen LogP contribution is 2.24. The number of furan rings is 1. The zero-order chi connectivity index (χ0) is 12.3. The molecule has 17 heavy (non-hydrogen) atoms. The number of hydrogen-bond acceptors (Lipinski definition) is 4. The standard InChI is InChI=1S/C13H17N3O/c1-4-12-11(7-9(2)15-16-12)13(14-3)10-5-6-17-8-10/h5-8,13-14H,4H2,1-3H3. The summed E-state index contributed by atoms with van der Waals surface area (Å²) < 4.78 is 5.15. The van der Waals surface area contributed by atoms with E-state index in [-0.39, 0.29) is 6.04 Å². The molecule has 0 aromatic carbocycles. The Bertz CT molecular complexity index is 479. The molecule has 2 aromatic rings. The molecule has 0 saturated carbocycles. The summed E-state index contributed by atoms with van der Waals surface area (Å²) in [6.07, 6.45) is 4.32. The lowest BCUT2D eigenvalue weighted by atomic mass is 9.98. The molecule has 4 heteroatoms. The number of aromatic nitrogens is 2. The molecule has 0 radical (unpaired) electrons. The quantitative estimate of drug-likeness (QED) is 0.876. The van der Waals surface area contributed by atoms with Gasteiger partial charge < -0.3 is 9.73 Å². The maximum atomic E-state index is 5.15. The average molecular weight is 231 g/mol. The Morgan fingerprint density at radius 2 is 2.24 bits per heavy atom. The van der Waals surface area contributed by atoms with Gasteiger partial charge in [0.05, 0.1) is 30.0 Å². The highest BCUT2D eigenvalue weighted by Gasteiger charge is 2.17. The second-order valence-corrected chi connectivity index (χ2v) is 4.02. The maximum absolute atomic E-state index is 5.15. The summed E-state index contributed by atoms with van der Waals surface area (Å²) in [7, 11) is 1.94. The predicted molar refractivity (Wildman–Crippen MR) is 65.8 cm³/mol. The van der Waals surface area contributed by atoms with Gasteiger partial charge in [0.25, 0.3) is 0 Å². The molecular formula is C13H17N3O. The molecule has 0 bridgehead atoms. The fraction of sp³-hybridized carbons (Fsp3) is 0.385. The van der Waals surface area contributed by atoms with Crippen LogP contribution in [-0.4, -0.2) is 17.2 Å². The van der Waals surface area contributed by atoms with Crippen LogP contribution < -0.4 is 5.32 Å². The molecule has 0 aliphatic carbocycles. The van der Waals surface area contributed by atoms with Gasteiger partial charge >= 0.3 is 0 Å². The molecule has 0 fully saturated rings. The molecule has 0 aliphatic rings. The summed E-state index contributed by atoms with van der Waals surface area (Å²) in [6.45, 7) is 4.04. The Morgan fingerprint density at radius 3 is 2.82 bits per heavy atom. The van der Waals surface area contributed by atoms with Crippen molar-refractivity contribution < 1.29 is 4.42 Å². The molecule has 2 aromatic heterocycles. The van der Waals surface area contributed by atoms with Gasteiger partial charge in [-0.15, -0.1) is 0 Å². The molecular weight excluding hydrogens is 214 g/mol. The number of rotatable bonds is 4. The molecule has 0 aliphatic heterocycles. The molecule has 1 atom stereocenters. The van der Waals surface area contributed by atoms with E-state index >= 15 is 0 Å². The van der Waals surface area contributed by atoms with E-state index in [1.165, 1.54) is 5.56 Å². The lowest BCUT2D eigenvalue weighted by molar-refractivity contribution is 0.556. The lowest BCUT2D eigenvalue weighted by Gasteiger charge is -2.17. The van der Waals surface area contributed by atoms with Gasteiger partial charge in [0.1, 0.15) is 0 Å². The van der Waals surface area contributed by atoms with Crippen LogP contribution in [0.3, 0.4) is 0 Å². The van der Waals surface area contributed by atoms with Crippen LogP contribution in [0.2, 0.25) is 0 Å². The Morgan fingerprint density at radius 1 is 1.41 bits per heavy atom. The smallest absolute Gasteiger partial charge is 0.0953 e. The lowest BCUT2D eigenvalue weighted by Crippen LogP contribution is -2.19.